The van der Waals surface area contributed by atoms with Gasteiger partial charge >= 0.3 is 5.97 Å². The molecule has 2 nitrogen and oxygen atoms in total. The number of rotatable bonds is 12. The molecule has 0 unspecified atom stereocenters. The summed E-state index contributed by atoms with van der Waals surface area (Å²) >= 11 is 5.83. The summed E-state index contributed by atoms with van der Waals surface area (Å²) in [6.07, 6.45) is 16.1. The van der Waals surface area contributed by atoms with E-state index in [0.29, 0.717) is 13.0 Å². The van der Waals surface area contributed by atoms with Crippen molar-refractivity contribution in [3.05, 3.63) is 40.9 Å². The zero-order valence-electron chi connectivity index (χ0n) is 14.5. The molecule has 24 heavy (non-hydrogen) atoms. The number of unbranched alkanes of at least 4 members (excludes halogenated alkanes) is 5. The Hall–Kier alpha value is -1.28. The van der Waals surface area contributed by atoms with E-state index in [-0.39, 0.29) is 5.97 Å². The van der Waals surface area contributed by atoms with Gasteiger partial charge in [0.25, 0.3) is 0 Å². The lowest BCUT2D eigenvalue weighted by molar-refractivity contribution is -0.142. The maximum Gasteiger partial charge on any atom is 0.306 e. The fourth-order valence-corrected chi connectivity index (χ4v) is 2.91. The average Bonchev–Trinajstić information content (AvgIpc) is 3.40. The van der Waals surface area contributed by atoms with Crippen LogP contribution in [0.4, 0.5) is 0 Å². The van der Waals surface area contributed by atoms with Crippen LogP contribution < -0.4 is 0 Å². The highest BCUT2D eigenvalue weighted by molar-refractivity contribution is 6.30. The third kappa shape index (κ3) is 9.12. The van der Waals surface area contributed by atoms with Crippen molar-refractivity contribution in [2.24, 2.45) is 5.92 Å². The van der Waals surface area contributed by atoms with Crippen molar-refractivity contribution in [3.8, 4) is 0 Å². The van der Waals surface area contributed by atoms with Gasteiger partial charge in [-0.3, -0.25) is 4.79 Å². The molecular formula is C21H29ClO2. The molecule has 1 fully saturated rings. The maximum absolute atomic E-state index is 11.6. The normalized spacial score (nSPS) is 14.2. The van der Waals surface area contributed by atoms with Crippen LogP contribution >= 0.6 is 11.6 Å². The molecule has 0 spiro atoms. The fraction of sp³-hybridized carbons (Fsp3) is 0.571. The van der Waals surface area contributed by atoms with E-state index in [1.54, 1.807) is 0 Å². The lowest BCUT2D eigenvalue weighted by atomic mass is 10.1. The fourth-order valence-electron chi connectivity index (χ4n) is 2.79. The van der Waals surface area contributed by atoms with Crippen LogP contribution in [0.5, 0.6) is 0 Å². The summed E-state index contributed by atoms with van der Waals surface area (Å²) in [5, 5.41) is 0.724. The summed E-state index contributed by atoms with van der Waals surface area (Å²) < 4.78 is 5.21. The first-order chi connectivity index (χ1) is 11.7. The second-order valence-electron chi connectivity index (χ2n) is 6.74. The molecule has 1 saturated carbocycles. The van der Waals surface area contributed by atoms with Crippen LogP contribution in [0, 0.1) is 5.92 Å². The molecule has 1 aromatic carbocycles. The quantitative estimate of drug-likeness (QED) is 0.321. The van der Waals surface area contributed by atoms with Crippen LogP contribution in [-0.4, -0.2) is 12.6 Å². The summed E-state index contributed by atoms with van der Waals surface area (Å²) in [4.78, 5) is 11.6. The maximum atomic E-state index is 11.6. The monoisotopic (exact) mass is 348 g/mol. The second kappa shape index (κ2) is 11.3. The van der Waals surface area contributed by atoms with Crippen molar-refractivity contribution in [2.45, 2.75) is 64.2 Å². The molecule has 2 rings (SSSR count). The van der Waals surface area contributed by atoms with Gasteiger partial charge in [-0.05, 0) is 36.1 Å². The van der Waals surface area contributed by atoms with Crippen molar-refractivity contribution >= 4 is 23.6 Å². The highest BCUT2D eigenvalue weighted by Gasteiger charge is 2.19. The van der Waals surface area contributed by atoms with Crippen molar-refractivity contribution in [1.82, 2.24) is 0 Å². The molecule has 0 amide bonds. The average molecular weight is 349 g/mol. The molecule has 1 aliphatic rings. The minimum absolute atomic E-state index is 0.0931. The third-order valence-electron chi connectivity index (χ3n) is 4.46. The van der Waals surface area contributed by atoms with Gasteiger partial charge in [-0.1, -0.05) is 81.2 Å². The predicted octanol–water partition coefficient (Wildman–Crippen LogP) is 6.43. The Kier molecular flexibility index (Phi) is 8.97. The Morgan fingerprint density at radius 1 is 1.04 bits per heavy atom. The van der Waals surface area contributed by atoms with Crippen LogP contribution in [0.3, 0.4) is 0 Å². The molecule has 0 atom stereocenters. The van der Waals surface area contributed by atoms with Gasteiger partial charge in [-0.2, -0.15) is 0 Å². The van der Waals surface area contributed by atoms with E-state index >= 15 is 0 Å². The van der Waals surface area contributed by atoms with E-state index in [2.05, 4.69) is 0 Å². The molecule has 0 bridgehead atoms. The second-order valence-corrected chi connectivity index (χ2v) is 7.18. The highest BCUT2D eigenvalue weighted by Crippen LogP contribution is 2.34. The molecular weight excluding hydrogens is 320 g/mol. The van der Waals surface area contributed by atoms with E-state index < -0.39 is 0 Å². The zero-order valence-corrected chi connectivity index (χ0v) is 15.3. The number of carbonyl (C=O) groups is 1. The van der Waals surface area contributed by atoms with Gasteiger partial charge in [0, 0.05) is 11.4 Å². The van der Waals surface area contributed by atoms with Gasteiger partial charge in [0.1, 0.15) is 6.61 Å². The highest BCUT2D eigenvalue weighted by atomic mass is 35.5. The summed E-state index contributed by atoms with van der Waals surface area (Å²) in [6, 6.07) is 7.56. The van der Waals surface area contributed by atoms with Gasteiger partial charge in [-0.25, -0.2) is 0 Å². The Balaban J connectivity index is 1.41. The smallest absolute Gasteiger partial charge is 0.306 e. The van der Waals surface area contributed by atoms with E-state index in [4.69, 9.17) is 16.3 Å². The van der Waals surface area contributed by atoms with Crippen molar-refractivity contribution in [3.63, 3.8) is 0 Å². The summed E-state index contributed by atoms with van der Waals surface area (Å²) in [5.41, 5.74) is 1.05. The van der Waals surface area contributed by atoms with Crippen LogP contribution in [0.1, 0.15) is 69.8 Å². The van der Waals surface area contributed by atoms with Gasteiger partial charge in [0.15, 0.2) is 0 Å². The minimum Gasteiger partial charge on any atom is -0.461 e. The Morgan fingerprint density at radius 3 is 2.42 bits per heavy atom. The van der Waals surface area contributed by atoms with Crippen molar-refractivity contribution in [1.29, 1.82) is 0 Å². The van der Waals surface area contributed by atoms with E-state index in [9.17, 15) is 4.79 Å². The Labute approximate surface area is 151 Å². The number of hydrogen-bond donors (Lipinski definition) is 0. The lowest BCUT2D eigenvalue weighted by Crippen LogP contribution is -2.03. The molecule has 132 valence electrons. The number of esters is 1. The molecule has 1 aromatic rings. The van der Waals surface area contributed by atoms with Crippen molar-refractivity contribution < 1.29 is 9.53 Å². The number of benzene rings is 1. The summed E-state index contributed by atoms with van der Waals surface area (Å²) in [6.45, 7) is 0.336. The topological polar surface area (TPSA) is 26.3 Å². The molecule has 0 heterocycles. The SMILES string of the molecule is O=C(CCCCCCCCC1CC1)OCC=Cc1ccc(Cl)cc1. The van der Waals surface area contributed by atoms with Crippen molar-refractivity contribution in [2.75, 3.05) is 6.61 Å². The minimum atomic E-state index is -0.0931. The largest absolute Gasteiger partial charge is 0.461 e. The number of hydrogen-bond acceptors (Lipinski definition) is 2. The van der Waals surface area contributed by atoms with Gasteiger partial charge in [-0.15, -0.1) is 0 Å². The zero-order chi connectivity index (χ0) is 17.0. The van der Waals surface area contributed by atoms with E-state index in [1.807, 2.05) is 36.4 Å². The van der Waals surface area contributed by atoms with Crippen LogP contribution in [-0.2, 0) is 9.53 Å². The van der Waals surface area contributed by atoms with Crippen LogP contribution in [0.2, 0.25) is 5.02 Å². The summed E-state index contributed by atoms with van der Waals surface area (Å²) in [7, 11) is 0. The van der Waals surface area contributed by atoms with Crippen LogP contribution in [0.15, 0.2) is 30.3 Å². The molecule has 0 saturated heterocycles. The molecule has 0 aromatic heterocycles. The standard InChI is InChI=1S/C21H29ClO2/c22-20-15-13-19(14-16-20)9-7-17-24-21(23)10-6-4-2-1-3-5-8-18-11-12-18/h7,9,13-16,18H,1-6,8,10-12,17H2. The first kappa shape index (κ1) is 19.1. The number of halogens is 1. The van der Waals surface area contributed by atoms with Gasteiger partial charge in [0.2, 0.25) is 0 Å². The molecule has 1 aliphatic carbocycles. The first-order valence-corrected chi connectivity index (χ1v) is 9.69. The van der Waals surface area contributed by atoms with Gasteiger partial charge < -0.3 is 4.74 Å². The predicted molar refractivity (Wildman–Crippen MR) is 101 cm³/mol. The molecule has 0 radical (unpaired) electrons. The van der Waals surface area contributed by atoms with Crippen LogP contribution in [0.25, 0.3) is 6.08 Å². The summed E-state index contributed by atoms with van der Waals surface area (Å²) in [5.74, 6) is 0.970. The number of carbonyl (C=O) groups excluding carboxylic acids is 1. The lowest BCUT2D eigenvalue weighted by Gasteiger charge is -2.03. The third-order valence-corrected chi connectivity index (χ3v) is 4.71. The Morgan fingerprint density at radius 2 is 1.71 bits per heavy atom. The first-order valence-electron chi connectivity index (χ1n) is 9.32. The number of ether oxygens (including phenoxy) is 1. The molecule has 0 N–H and O–H groups in total. The van der Waals surface area contributed by atoms with E-state index in [0.717, 1.165) is 29.3 Å². The van der Waals surface area contributed by atoms with E-state index in [1.165, 1.54) is 44.9 Å². The van der Waals surface area contributed by atoms with Gasteiger partial charge in [0.05, 0.1) is 0 Å². The molecule has 0 aliphatic heterocycles. The Bertz CT molecular complexity index is 503. The molecule has 3 heteroatoms.